The number of amides is 4. The van der Waals surface area contributed by atoms with Crippen molar-refractivity contribution in [1.82, 2.24) is 10.2 Å². The molecule has 4 amide bonds. The number of nitrogens with one attached hydrogen (secondary N) is 1. The second-order valence-corrected chi connectivity index (χ2v) is 7.19. The Morgan fingerprint density at radius 1 is 1.04 bits per heavy atom. The summed E-state index contributed by atoms with van der Waals surface area (Å²) in [6.45, 7) is 0. The highest BCUT2D eigenvalue weighted by Gasteiger charge is 2.40. The number of carbonyl (C=O) groups excluding carboxylic acids is 3. The minimum Gasteiger partial charge on any atom is -0.496 e. The van der Waals surface area contributed by atoms with E-state index in [9.17, 15) is 14.4 Å². The van der Waals surface area contributed by atoms with Crippen LogP contribution in [0.1, 0.15) is 37.7 Å². The topological polar surface area (TPSA) is 75.7 Å². The number of imide groups is 2. The first-order valence-electron chi connectivity index (χ1n) is 9.56. The van der Waals surface area contributed by atoms with Gasteiger partial charge in [-0.25, -0.2) is 4.79 Å². The third-order valence-electron chi connectivity index (χ3n) is 5.51. The minimum absolute atomic E-state index is 0.0418. The number of hydrogen-bond donors (Lipinski definition) is 1. The predicted octanol–water partition coefficient (Wildman–Crippen LogP) is 3.64. The zero-order chi connectivity index (χ0) is 19.7. The van der Waals surface area contributed by atoms with Crippen LogP contribution >= 0.6 is 0 Å². The molecule has 0 radical (unpaired) electrons. The van der Waals surface area contributed by atoms with Crippen molar-refractivity contribution in [1.29, 1.82) is 0 Å². The van der Waals surface area contributed by atoms with Crippen LogP contribution in [-0.2, 0) is 9.59 Å². The molecule has 1 heterocycles. The predicted molar refractivity (Wildman–Crippen MR) is 106 cm³/mol. The molecule has 6 nitrogen and oxygen atoms in total. The maximum absolute atomic E-state index is 13.1. The van der Waals surface area contributed by atoms with Gasteiger partial charge in [0.1, 0.15) is 11.3 Å². The Hall–Kier alpha value is -3.15. The molecule has 2 aliphatic rings. The number of benzene rings is 2. The molecular formula is C22H22N2O4. The van der Waals surface area contributed by atoms with Crippen LogP contribution in [0.5, 0.6) is 5.75 Å². The molecular weight excluding hydrogens is 356 g/mol. The number of hydrogen-bond acceptors (Lipinski definition) is 4. The van der Waals surface area contributed by atoms with Crippen LogP contribution < -0.4 is 10.1 Å². The summed E-state index contributed by atoms with van der Waals surface area (Å²) >= 11 is 0. The van der Waals surface area contributed by atoms with E-state index < -0.39 is 17.8 Å². The maximum atomic E-state index is 13.1. The maximum Gasteiger partial charge on any atom is 0.331 e. The van der Waals surface area contributed by atoms with Gasteiger partial charge in [0.15, 0.2) is 0 Å². The van der Waals surface area contributed by atoms with Crippen molar-refractivity contribution in [2.45, 2.75) is 38.1 Å². The Morgan fingerprint density at radius 2 is 1.79 bits per heavy atom. The summed E-state index contributed by atoms with van der Waals surface area (Å²) in [4.78, 5) is 39.2. The van der Waals surface area contributed by atoms with Gasteiger partial charge in [-0.3, -0.25) is 19.8 Å². The lowest BCUT2D eigenvalue weighted by molar-refractivity contribution is -0.132. The second-order valence-electron chi connectivity index (χ2n) is 7.19. The minimum atomic E-state index is -0.669. The van der Waals surface area contributed by atoms with E-state index in [0.717, 1.165) is 42.9 Å². The average Bonchev–Trinajstić information content (AvgIpc) is 2.71. The summed E-state index contributed by atoms with van der Waals surface area (Å²) in [7, 11) is 1.55. The molecule has 2 aromatic rings. The lowest BCUT2D eigenvalue weighted by Gasteiger charge is -2.35. The fourth-order valence-corrected chi connectivity index (χ4v) is 4.09. The molecule has 1 N–H and O–H groups in total. The smallest absolute Gasteiger partial charge is 0.331 e. The number of carbonyl (C=O) groups is 3. The van der Waals surface area contributed by atoms with Crippen LogP contribution in [0.3, 0.4) is 0 Å². The number of rotatable bonds is 3. The quantitative estimate of drug-likeness (QED) is 0.653. The molecule has 0 bridgehead atoms. The van der Waals surface area contributed by atoms with E-state index in [0.29, 0.717) is 11.3 Å². The van der Waals surface area contributed by atoms with Crippen LogP contribution in [0.15, 0.2) is 42.0 Å². The summed E-state index contributed by atoms with van der Waals surface area (Å²) in [6, 6.07) is 10.6. The van der Waals surface area contributed by atoms with Gasteiger partial charge in [0.25, 0.3) is 11.8 Å². The highest BCUT2D eigenvalue weighted by Crippen LogP contribution is 2.32. The molecule has 1 aliphatic carbocycles. The van der Waals surface area contributed by atoms with Crippen molar-refractivity contribution in [3.8, 4) is 5.75 Å². The SMILES string of the molecule is COc1ccc2ccccc2c1/C=C1/C(=O)NC(=O)N(C2CCCCC2)C1=O. The average molecular weight is 378 g/mol. The van der Waals surface area contributed by atoms with E-state index in [1.54, 1.807) is 13.2 Å². The van der Waals surface area contributed by atoms with Crippen molar-refractivity contribution in [3.05, 3.63) is 47.5 Å². The molecule has 1 saturated carbocycles. The Morgan fingerprint density at radius 3 is 2.54 bits per heavy atom. The number of nitrogens with zero attached hydrogens (tertiary/aromatic N) is 1. The van der Waals surface area contributed by atoms with Crippen LogP contribution in [0.2, 0.25) is 0 Å². The van der Waals surface area contributed by atoms with E-state index in [1.165, 1.54) is 4.90 Å². The van der Waals surface area contributed by atoms with Gasteiger partial charge in [-0.1, -0.05) is 49.6 Å². The lowest BCUT2D eigenvalue weighted by atomic mass is 9.93. The summed E-state index contributed by atoms with van der Waals surface area (Å²) < 4.78 is 5.46. The fraction of sp³-hybridized carbons (Fsp3) is 0.318. The molecule has 28 heavy (non-hydrogen) atoms. The fourth-order valence-electron chi connectivity index (χ4n) is 4.09. The normalized spacial score (nSPS) is 20.0. The molecule has 0 atom stereocenters. The van der Waals surface area contributed by atoms with Gasteiger partial charge >= 0.3 is 6.03 Å². The summed E-state index contributed by atoms with van der Waals surface area (Å²) in [6.07, 6.45) is 6.16. The molecule has 0 spiro atoms. The van der Waals surface area contributed by atoms with Crippen molar-refractivity contribution in [2.75, 3.05) is 7.11 Å². The molecule has 4 rings (SSSR count). The zero-order valence-corrected chi connectivity index (χ0v) is 15.7. The van der Waals surface area contributed by atoms with Gasteiger partial charge in [-0.05, 0) is 35.8 Å². The molecule has 2 aromatic carbocycles. The monoisotopic (exact) mass is 378 g/mol. The third kappa shape index (κ3) is 3.15. The Labute approximate surface area is 163 Å². The summed E-state index contributed by atoms with van der Waals surface area (Å²) in [5.74, 6) is -0.638. The Bertz CT molecular complexity index is 989. The second kappa shape index (κ2) is 7.46. The molecule has 0 aromatic heterocycles. The van der Waals surface area contributed by atoms with Crippen LogP contribution in [-0.4, -0.2) is 35.9 Å². The number of methoxy groups -OCH3 is 1. The van der Waals surface area contributed by atoms with E-state index in [2.05, 4.69) is 5.32 Å². The van der Waals surface area contributed by atoms with Crippen molar-refractivity contribution >= 4 is 34.7 Å². The van der Waals surface area contributed by atoms with E-state index in [4.69, 9.17) is 4.74 Å². The van der Waals surface area contributed by atoms with Gasteiger partial charge in [0.2, 0.25) is 0 Å². The van der Waals surface area contributed by atoms with Crippen molar-refractivity contribution < 1.29 is 19.1 Å². The Kier molecular flexibility index (Phi) is 4.86. The van der Waals surface area contributed by atoms with Crippen LogP contribution in [0, 0.1) is 0 Å². The van der Waals surface area contributed by atoms with Gasteiger partial charge < -0.3 is 4.74 Å². The molecule has 1 aliphatic heterocycles. The van der Waals surface area contributed by atoms with Gasteiger partial charge in [0, 0.05) is 11.6 Å². The van der Waals surface area contributed by atoms with Crippen molar-refractivity contribution in [2.24, 2.45) is 0 Å². The zero-order valence-electron chi connectivity index (χ0n) is 15.7. The first kappa shape index (κ1) is 18.2. The number of fused-ring (bicyclic) bond motifs is 1. The van der Waals surface area contributed by atoms with E-state index >= 15 is 0 Å². The third-order valence-corrected chi connectivity index (χ3v) is 5.51. The molecule has 2 fully saturated rings. The number of urea groups is 1. The van der Waals surface area contributed by atoms with Gasteiger partial charge in [0.05, 0.1) is 7.11 Å². The van der Waals surface area contributed by atoms with Crippen molar-refractivity contribution in [3.63, 3.8) is 0 Å². The number of ether oxygens (including phenoxy) is 1. The highest BCUT2D eigenvalue weighted by molar-refractivity contribution is 6.31. The van der Waals surface area contributed by atoms with E-state index in [-0.39, 0.29) is 11.6 Å². The summed E-state index contributed by atoms with van der Waals surface area (Å²) in [5, 5.41) is 4.17. The van der Waals surface area contributed by atoms with Gasteiger partial charge in [-0.15, -0.1) is 0 Å². The lowest BCUT2D eigenvalue weighted by Crippen LogP contribution is -2.58. The standard InChI is InChI=1S/C22H22N2O4/c1-28-19-12-11-14-7-5-6-10-16(14)17(19)13-18-20(25)23-22(27)24(21(18)26)15-8-3-2-4-9-15/h5-7,10-13,15H,2-4,8-9H2,1H3,(H,23,25,27)/b18-13-. The first-order chi connectivity index (χ1) is 13.6. The highest BCUT2D eigenvalue weighted by atomic mass is 16.5. The van der Waals surface area contributed by atoms with E-state index in [1.807, 2.05) is 36.4 Å². The number of barbiturate groups is 1. The molecule has 6 heteroatoms. The van der Waals surface area contributed by atoms with Gasteiger partial charge in [-0.2, -0.15) is 0 Å². The summed E-state index contributed by atoms with van der Waals surface area (Å²) in [5.41, 5.74) is 0.608. The molecule has 144 valence electrons. The first-order valence-corrected chi connectivity index (χ1v) is 9.56. The Balaban J connectivity index is 1.80. The van der Waals surface area contributed by atoms with Crippen LogP contribution in [0.25, 0.3) is 16.8 Å². The molecule has 0 unspecified atom stereocenters. The van der Waals surface area contributed by atoms with Crippen LogP contribution in [0.4, 0.5) is 4.79 Å². The largest absolute Gasteiger partial charge is 0.496 e. The molecule has 1 saturated heterocycles.